The molecule has 0 aromatic heterocycles. The molecule has 2 heteroatoms. The Morgan fingerprint density at radius 3 is 2.85 bits per heavy atom. The molecule has 1 aromatic carbocycles. The van der Waals surface area contributed by atoms with Crippen LogP contribution in [0.15, 0.2) is 28.7 Å². The normalized spacial score (nSPS) is 11.0. The van der Waals surface area contributed by atoms with Gasteiger partial charge in [0, 0.05) is 11.0 Å². The number of aryl methyl sites for hydroxylation is 1. The van der Waals surface area contributed by atoms with Crippen molar-refractivity contribution in [3.8, 4) is 0 Å². The molecule has 13 heavy (non-hydrogen) atoms. The van der Waals surface area contributed by atoms with Crippen molar-refractivity contribution in [3.63, 3.8) is 0 Å². The highest BCUT2D eigenvalue weighted by molar-refractivity contribution is 9.10. The van der Waals surface area contributed by atoms with E-state index in [1.165, 1.54) is 15.6 Å². The molecule has 0 saturated carbocycles. The summed E-state index contributed by atoms with van der Waals surface area (Å²) < 4.78 is 1.17. The molecule has 1 N–H and O–H groups in total. The minimum atomic E-state index is 0.908. The van der Waals surface area contributed by atoms with E-state index < -0.39 is 0 Å². The fraction of sp³-hybridized carbons (Fsp3) is 0.273. The van der Waals surface area contributed by atoms with Crippen molar-refractivity contribution in [1.29, 1.82) is 0 Å². The minimum absolute atomic E-state index is 0.908. The fourth-order valence-corrected chi connectivity index (χ4v) is 1.42. The Morgan fingerprint density at radius 2 is 2.23 bits per heavy atom. The molecule has 0 saturated heterocycles. The summed E-state index contributed by atoms with van der Waals surface area (Å²) in [7, 11) is 1.94. The van der Waals surface area contributed by atoms with E-state index in [0.29, 0.717) is 0 Å². The molecular weight excluding hydrogens is 226 g/mol. The number of rotatable bonds is 3. The highest BCUT2D eigenvalue weighted by Gasteiger charge is 1.93. The predicted octanol–water partition coefficient (Wildman–Crippen LogP) is 2.99. The first kappa shape index (κ1) is 10.5. The van der Waals surface area contributed by atoms with Crippen molar-refractivity contribution in [2.75, 3.05) is 13.6 Å². The SMILES string of the molecule is CNCC=Cc1ccc(C)c(Br)c1. The fourth-order valence-electron chi connectivity index (χ4n) is 1.03. The van der Waals surface area contributed by atoms with Gasteiger partial charge in [0.1, 0.15) is 0 Å². The van der Waals surface area contributed by atoms with Crippen molar-refractivity contribution in [1.82, 2.24) is 5.32 Å². The quantitative estimate of drug-likeness (QED) is 0.856. The maximum absolute atomic E-state index is 3.51. The smallest absolute Gasteiger partial charge is 0.0210 e. The van der Waals surface area contributed by atoms with Crippen molar-refractivity contribution >= 4 is 22.0 Å². The zero-order valence-electron chi connectivity index (χ0n) is 7.97. The molecule has 0 aliphatic heterocycles. The van der Waals surface area contributed by atoms with E-state index in [9.17, 15) is 0 Å². The summed E-state index contributed by atoms with van der Waals surface area (Å²) in [6.45, 7) is 3.00. The van der Waals surface area contributed by atoms with Crippen LogP contribution >= 0.6 is 15.9 Å². The van der Waals surface area contributed by atoms with Crippen LogP contribution in [-0.4, -0.2) is 13.6 Å². The molecule has 1 aromatic rings. The molecular formula is C11H14BrN. The second-order valence-corrected chi connectivity index (χ2v) is 3.82. The van der Waals surface area contributed by atoms with Gasteiger partial charge in [-0.05, 0) is 31.2 Å². The van der Waals surface area contributed by atoms with Crippen molar-refractivity contribution in [2.45, 2.75) is 6.92 Å². The lowest BCUT2D eigenvalue weighted by Crippen LogP contribution is -2.03. The summed E-state index contributed by atoms with van der Waals surface area (Å²) in [5.74, 6) is 0. The lowest BCUT2D eigenvalue weighted by molar-refractivity contribution is 0.922. The third-order valence-corrected chi connectivity index (χ3v) is 2.68. The Balaban J connectivity index is 2.73. The first-order valence-electron chi connectivity index (χ1n) is 4.31. The Bertz CT molecular complexity index is 305. The van der Waals surface area contributed by atoms with E-state index in [4.69, 9.17) is 0 Å². The lowest BCUT2D eigenvalue weighted by atomic mass is 10.1. The van der Waals surface area contributed by atoms with E-state index in [2.05, 4.69) is 58.5 Å². The van der Waals surface area contributed by atoms with E-state index in [1.807, 2.05) is 7.05 Å². The summed E-state index contributed by atoms with van der Waals surface area (Å²) in [6.07, 6.45) is 4.22. The van der Waals surface area contributed by atoms with Gasteiger partial charge in [0.25, 0.3) is 0 Å². The third-order valence-electron chi connectivity index (χ3n) is 1.83. The van der Waals surface area contributed by atoms with Crippen LogP contribution in [0, 0.1) is 6.92 Å². The molecule has 0 unspecified atom stereocenters. The molecule has 1 rings (SSSR count). The van der Waals surface area contributed by atoms with E-state index in [-0.39, 0.29) is 0 Å². The summed E-state index contributed by atoms with van der Waals surface area (Å²) in [6, 6.07) is 6.36. The topological polar surface area (TPSA) is 12.0 Å². The van der Waals surface area contributed by atoms with Crippen LogP contribution in [-0.2, 0) is 0 Å². The van der Waals surface area contributed by atoms with E-state index in [0.717, 1.165) is 6.54 Å². The minimum Gasteiger partial charge on any atom is -0.316 e. The molecule has 0 amide bonds. The molecule has 0 fully saturated rings. The maximum atomic E-state index is 3.51. The molecule has 70 valence electrons. The van der Waals surface area contributed by atoms with Crippen molar-refractivity contribution < 1.29 is 0 Å². The van der Waals surface area contributed by atoms with Gasteiger partial charge in [-0.15, -0.1) is 0 Å². The number of nitrogens with one attached hydrogen (secondary N) is 1. The summed E-state index contributed by atoms with van der Waals surface area (Å²) in [4.78, 5) is 0. The summed E-state index contributed by atoms with van der Waals surface area (Å²) in [5.41, 5.74) is 2.50. The summed E-state index contributed by atoms with van der Waals surface area (Å²) >= 11 is 3.51. The number of benzene rings is 1. The van der Waals surface area contributed by atoms with Gasteiger partial charge in [0.2, 0.25) is 0 Å². The number of halogens is 1. The van der Waals surface area contributed by atoms with E-state index >= 15 is 0 Å². The third kappa shape index (κ3) is 3.33. The van der Waals surface area contributed by atoms with Gasteiger partial charge in [-0.25, -0.2) is 0 Å². The molecule has 0 spiro atoms. The zero-order chi connectivity index (χ0) is 9.68. The molecule has 0 bridgehead atoms. The van der Waals surface area contributed by atoms with Gasteiger partial charge in [0.05, 0.1) is 0 Å². The van der Waals surface area contributed by atoms with Crippen molar-refractivity contribution in [3.05, 3.63) is 39.9 Å². The number of likely N-dealkylation sites (N-methyl/N-ethyl adjacent to an activating group) is 1. The van der Waals surface area contributed by atoms with Gasteiger partial charge in [-0.2, -0.15) is 0 Å². The first-order chi connectivity index (χ1) is 6.24. The molecule has 0 aliphatic carbocycles. The van der Waals surface area contributed by atoms with Crippen LogP contribution < -0.4 is 5.32 Å². The Labute approximate surface area is 88.0 Å². The van der Waals surface area contributed by atoms with Gasteiger partial charge in [0.15, 0.2) is 0 Å². The van der Waals surface area contributed by atoms with E-state index in [1.54, 1.807) is 0 Å². The highest BCUT2D eigenvalue weighted by Crippen LogP contribution is 2.18. The summed E-state index contributed by atoms with van der Waals surface area (Å²) in [5, 5.41) is 3.07. The molecule has 0 atom stereocenters. The molecule has 1 nitrogen and oxygen atoms in total. The van der Waals surface area contributed by atoms with Crippen LogP contribution in [0.4, 0.5) is 0 Å². The molecule has 0 heterocycles. The van der Waals surface area contributed by atoms with Gasteiger partial charge in [-0.1, -0.05) is 40.2 Å². The second kappa shape index (κ2) is 5.20. The standard InChI is InChI=1S/C11H14BrN/c1-9-5-6-10(8-11(9)12)4-3-7-13-2/h3-6,8,13H,7H2,1-2H3. The predicted molar refractivity (Wildman–Crippen MR) is 61.8 cm³/mol. The van der Waals surface area contributed by atoms with Crippen LogP contribution in [0.2, 0.25) is 0 Å². The Kier molecular flexibility index (Phi) is 4.19. The monoisotopic (exact) mass is 239 g/mol. The van der Waals surface area contributed by atoms with Crippen LogP contribution in [0.5, 0.6) is 0 Å². The highest BCUT2D eigenvalue weighted by atomic mass is 79.9. The second-order valence-electron chi connectivity index (χ2n) is 2.97. The average molecular weight is 240 g/mol. The lowest BCUT2D eigenvalue weighted by Gasteiger charge is -1.99. The van der Waals surface area contributed by atoms with Crippen LogP contribution in [0.25, 0.3) is 6.08 Å². The van der Waals surface area contributed by atoms with Crippen molar-refractivity contribution in [2.24, 2.45) is 0 Å². The Morgan fingerprint density at radius 1 is 1.46 bits per heavy atom. The maximum Gasteiger partial charge on any atom is 0.0210 e. The first-order valence-corrected chi connectivity index (χ1v) is 5.10. The number of hydrogen-bond donors (Lipinski definition) is 1. The van der Waals surface area contributed by atoms with Gasteiger partial charge < -0.3 is 5.32 Å². The molecule has 0 radical (unpaired) electrons. The zero-order valence-corrected chi connectivity index (χ0v) is 9.56. The Hall–Kier alpha value is -0.600. The average Bonchev–Trinajstić information content (AvgIpc) is 2.12. The van der Waals surface area contributed by atoms with Gasteiger partial charge in [-0.3, -0.25) is 0 Å². The number of hydrogen-bond acceptors (Lipinski definition) is 1. The van der Waals surface area contributed by atoms with Gasteiger partial charge >= 0.3 is 0 Å². The molecule has 0 aliphatic rings. The largest absolute Gasteiger partial charge is 0.316 e. The van der Waals surface area contributed by atoms with Crippen LogP contribution in [0.1, 0.15) is 11.1 Å². The van der Waals surface area contributed by atoms with Crippen LogP contribution in [0.3, 0.4) is 0 Å².